The van der Waals surface area contributed by atoms with E-state index in [0.717, 1.165) is 18.4 Å². The number of hydrogen-bond donors (Lipinski definition) is 2. The van der Waals surface area contributed by atoms with Gasteiger partial charge in [-0.25, -0.2) is 13.6 Å². The van der Waals surface area contributed by atoms with Crippen LogP contribution >= 0.6 is 0 Å². The van der Waals surface area contributed by atoms with E-state index < -0.39 is 10.0 Å². The molecule has 0 amide bonds. The van der Waals surface area contributed by atoms with Gasteiger partial charge in [0.15, 0.2) is 5.75 Å². The Labute approximate surface area is 154 Å². The summed E-state index contributed by atoms with van der Waals surface area (Å²) < 4.78 is 30.2. The summed E-state index contributed by atoms with van der Waals surface area (Å²) in [5, 5.41) is 17.5. The van der Waals surface area contributed by atoms with Gasteiger partial charge in [0.25, 0.3) is 0 Å². The molecule has 0 fully saturated rings. The monoisotopic (exact) mass is 373 g/mol. The molecule has 2 aromatic rings. The van der Waals surface area contributed by atoms with Gasteiger partial charge in [-0.05, 0) is 42.7 Å². The maximum Gasteiger partial charge on any atom is 0.241 e. The lowest BCUT2D eigenvalue weighted by atomic mass is 10.1. The van der Waals surface area contributed by atoms with Gasteiger partial charge in [0.2, 0.25) is 10.0 Å². The van der Waals surface area contributed by atoms with Crippen molar-refractivity contribution in [3.63, 3.8) is 0 Å². The third-order valence-electron chi connectivity index (χ3n) is 3.76. The van der Waals surface area contributed by atoms with Crippen LogP contribution in [-0.2, 0) is 16.4 Å². The van der Waals surface area contributed by atoms with Crippen LogP contribution in [-0.4, -0.2) is 15.0 Å². The molecule has 0 spiro atoms. The first-order chi connectivity index (χ1) is 12.5. The van der Waals surface area contributed by atoms with E-state index in [1.165, 1.54) is 6.07 Å². The van der Waals surface area contributed by atoms with Crippen molar-refractivity contribution in [1.82, 2.24) is 0 Å². The van der Waals surface area contributed by atoms with Gasteiger partial charge in [-0.15, -0.1) is 0 Å². The molecule has 0 aromatic heterocycles. The molecule has 0 heterocycles. The summed E-state index contributed by atoms with van der Waals surface area (Å²) in [6.07, 6.45) is 2.65. The molecular formula is C19H23N3O3S. The number of para-hydroxylation sites is 1. The van der Waals surface area contributed by atoms with E-state index in [2.05, 4.69) is 18.3 Å². The zero-order valence-electron chi connectivity index (χ0n) is 14.7. The number of nitrogens with zero attached hydrogens (tertiary/aromatic N) is 1. The van der Waals surface area contributed by atoms with Crippen molar-refractivity contribution >= 4 is 15.7 Å². The normalized spacial score (nSPS) is 11.0. The number of sulfonamides is 1. The van der Waals surface area contributed by atoms with Gasteiger partial charge in [-0.3, -0.25) is 0 Å². The Balaban J connectivity index is 2.53. The average Bonchev–Trinajstić information content (AvgIpc) is 2.61. The minimum Gasteiger partial charge on any atom is -0.454 e. The summed E-state index contributed by atoms with van der Waals surface area (Å²) in [7, 11) is -4.00. The van der Waals surface area contributed by atoms with Crippen molar-refractivity contribution in [2.24, 2.45) is 5.14 Å². The lowest BCUT2D eigenvalue weighted by Crippen LogP contribution is -2.15. The molecule has 0 saturated heterocycles. The van der Waals surface area contributed by atoms with Gasteiger partial charge >= 0.3 is 0 Å². The summed E-state index contributed by atoms with van der Waals surface area (Å²) in [5.41, 5.74) is 1.27. The summed E-state index contributed by atoms with van der Waals surface area (Å²) in [6, 6.07) is 14.3. The Hall–Kier alpha value is -2.56. The quantitative estimate of drug-likeness (QED) is 0.651. The molecule has 0 atom stereocenters. The number of nitrogens with one attached hydrogen (secondary N) is 1. The summed E-state index contributed by atoms with van der Waals surface area (Å²) >= 11 is 0. The van der Waals surface area contributed by atoms with Crippen LogP contribution in [0, 0.1) is 11.3 Å². The number of nitrogens with two attached hydrogens (primary N) is 1. The minimum atomic E-state index is -4.00. The fraction of sp³-hybridized carbons (Fsp3) is 0.316. The molecule has 3 N–H and O–H groups in total. The van der Waals surface area contributed by atoms with E-state index in [9.17, 15) is 8.42 Å². The molecule has 0 unspecified atom stereocenters. The Morgan fingerprint density at radius 1 is 1.23 bits per heavy atom. The number of hydrogen-bond acceptors (Lipinski definition) is 5. The predicted octanol–water partition coefficient (Wildman–Crippen LogP) is 3.79. The van der Waals surface area contributed by atoms with Crippen molar-refractivity contribution in [1.29, 1.82) is 5.26 Å². The Morgan fingerprint density at radius 2 is 1.96 bits per heavy atom. The zero-order chi connectivity index (χ0) is 19.0. The van der Waals surface area contributed by atoms with Crippen LogP contribution < -0.4 is 15.2 Å². The van der Waals surface area contributed by atoms with Crippen molar-refractivity contribution in [2.45, 2.75) is 37.5 Å². The summed E-state index contributed by atoms with van der Waals surface area (Å²) in [5.74, 6) is 0.691. The standard InChI is InChI=1S/C19H23N3O3S/c1-2-3-12-22-17-13-15(8-7-11-20)14-18(26(21,23)24)19(17)25-16-9-5-4-6-10-16/h4-6,9-10,13-14,22H,2-3,7-8,12H2,1H3,(H2,21,23,24). The van der Waals surface area contributed by atoms with Crippen LogP contribution in [0.25, 0.3) is 0 Å². The Kier molecular flexibility index (Phi) is 7.01. The first-order valence-corrected chi connectivity index (χ1v) is 10.0. The highest BCUT2D eigenvalue weighted by Crippen LogP contribution is 2.37. The van der Waals surface area contributed by atoms with Crippen LogP contribution in [0.4, 0.5) is 5.69 Å². The Bertz CT molecular complexity index is 875. The van der Waals surface area contributed by atoms with Crippen LogP contribution in [0.3, 0.4) is 0 Å². The predicted molar refractivity (Wildman–Crippen MR) is 102 cm³/mol. The lowest BCUT2D eigenvalue weighted by molar-refractivity contribution is 0.469. The van der Waals surface area contributed by atoms with Crippen LogP contribution in [0.15, 0.2) is 47.4 Å². The van der Waals surface area contributed by atoms with E-state index in [4.69, 9.17) is 15.1 Å². The number of anilines is 1. The number of benzene rings is 2. The number of nitriles is 1. The molecule has 0 aliphatic carbocycles. The lowest BCUT2D eigenvalue weighted by Gasteiger charge is -2.18. The number of unbranched alkanes of at least 4 members (excludes halogenated alkanes) is 1. The molecular weight excluding hydrogens is 350 g/mol. The number of ether oxygens (including phenoxy) is 1. The van der Waals surface area contributed by atoms with E-state index in [-0.39, 0.29) is 17.1 Å². The summed E-state index contributed by atoms with van der Waals surface area (Å²) in [6.45, 7) is 2.75. The fourth-order valence-corrected chi connectivity index (χ4v) is 3.18. The van der Waals surface area contributed by atoms with Crippen LogP contribution in [0.5, 0.6) is 11.5 Å². The molecule has 0 bridgehead atoms. The van der Waals surface area contributed by atoms with Gasteiger partial charge in [-0.1, -0.05) is 31.5 Å². The molecule has 138 valence electrons. The first kappa shape index (κ1) is 19.8. The molecule has 2 aromatic carbocycles. The average molecular weight is 373 g/mol. The smallest absolute Gasteiger partial charge is 0.241 e. The molecule has 6 nitrogen and oxygen atoms in total. The highest BCUT2D eigenvalue weighted by molar-refractivity contribution is 7.89. The molecule has 0 aliphatic heterocycles. The summed E-state index contributed by atoms with van der Waals surface area (Å²) in [4.78, 5) is -0.0872. The van der Waals surface area contributed by atoms with Crippen molar-refractivity contribution < 1.29 is 13.2 Å². The molecule has 0 aliphatic rings. The largest absolute Gasteiger partial charge is 0.454 e. The van der Waals surface area contributed by atoms with Crippen molar-refractivity contribution in [2.75, 3.05) is 11.9 Å². The fourth-order valence-electron chi connectivity index (χ4n) is 2.46. The second-order valence-corrected chi connectivity index (χ2v) is 7.40. The molecule has 7 heteroatoms. The number of primary sulfonamides is 1. The molecule has 0 radical (unpaired) electrons. The highest BCUT2D eigenvalue weighted by Gasteiger charge is 2.21. The third-order valence-corrected chi connectivity index (χ3v) is 4.67. The first-order valence-electron chi connectivity index (χ1n) is 8.49. The van der Waals surface area contributed by atoms with Gasteiger partial charge in [-0.2, -0.15) is 5.26 Å². The van der Waals surface area contributed by atoms with E-state index in [0.29, 0.717) is 24.4 Å². The second kappa shape index (κ2) is 9.22. The van der Waals surface area contributed by atoms with Gasteiger partial charge in [0.1, 0.15) is 10.6 Å². The van der Waals surface area contributed by atoms with Crippen molar-refractivity contribution in [3.8, 4) is 17.6 Å². The van der Waals surface area contributed by atoms with Gasteiger partial charge in [0.05, 0.1) is 11.8 Å². The molecule has 0 saturated carbocycles. The second-order valence-electron chi connectivity index (χ2n) is 5.87. The molecule has 2 rings (SSSR count). The van der Waals surface area contributed by atoms with Crippen molar-refractivity contribution in [3.05, 3.63) is 48.0 Å². The maximum absolute atomic E-state index is 12.2. The van der Waals surface area contributed by atoms with E-state index >= 15 is 0 Å². The topological polar surface area (TPSA) is 105 Å². The number of rotatable bonds is 9. The van der Waals surface area contributed by atoms with E-state index in [1.54, 1.807) is 24.3 Å². The van der Waals surface area contributed by atoms with Crippen LogP contribution in [0.2, 0.25) is 0 Å². The minimum absolute atomic E-state index is 0.0872. The third kappa shape index (κ3) is 5.48. The number of aryl methyl sites for hydroxylation is 1. The SMILES string of the molecule is CCCCNc1cc(CCC#N)cc(S(N)(=O)=O)c1Oc1ccccc1. The van der Waals surface area contributed by atoms with Gasteiger partial charge in [0, 0.05) is 13.0 Å². The highest BCUT2D eigenvalue weighted by atomic mass is 32.2. The molecule has 26 heavy (non-hydrogen) atoms. The Morgan fingerprint density at radius 3 is 2.58 bits per heavy atom. The maximum atomic E-state index is 12.2. The van der Waals surface area contributed by atoms with E-state index in [1.807, 2.05) is 12.1 Å². The van der Waals surface area contributed by atoms with Crippen LogP contribution in [0.1, 0.15) is 31.7 Å². The zero-order valence-corrected chi connectivity index (χ0v) is 15.6. The van der Waals surface area contributed by atoms with Gasteiger partial charge < -0.3 is 10.1 Å².